The summed E-state index contributed by atoms with van der Waals surface area (Å²) in [6.45, 7) is 1.92. The molecule has 0 saturated heterocycles. The molecule has 0 aliphatic rings. The van der Waals surface area contributed by atoms with E-state index in [4.69, 9.17) is 14.2 Å². The highest BCUT2D eigenvalue weighted by Gasteiger charge is 2.16. The first kappa shape index (κ1) is 24.5. The minimum atomic E-state index is -0.778. The van der Waals surface area contributed by atoms with Gasteiger partial charge in [0.25, 0.3) is 5.91 Å². The van der Waals surface area contributed by atoms with Crippen molar-refractivity contribution in [2.75, 3.05) is 19.5 Å². The SMILES string of the molecule is CCc1ccccc1C(=O)NC(=O)Nc1ccc(Oc2ccnc3cc(OC)c(OC)cc23)c(F)c1. The molecule has 9 heteroatoms. The Kier molecular flexibility index (Phi) is 7.29. The quantitative estimate of drug-likeness (QED) is 0.345. The predicted molar refractivity (Wildman–Crippen MR) is 134 cm³/mol. The van der Waals surface area contributed by atoms with E-state index in [1.54, 1.807) is 30.3 Å². The van der Waals surface area contributed by atoms with Crippen molar-refractivity contribution < 1.29 is 28.2 Å². The number of imide groups is 1. The molecule has 3 amide bonds. The van der Waals surface area contributed by atoms with Crippen molar-refractivity contribution in [2.45, 2.75) is 13.3 Å². The van der Waals surface area contributed by atoms with Crippen molar-refractivity contribution in [1.29, 1.82) is 0 Å². The number of aryl methyl sites for hydroxylation is 1. The summed E-state index contributed by atoms with van der Waals surface area (Å²) in [4.78, 5) is 29.1. The molecule has 0 unspecified atom stereocenters. The number of rotatable bonds is 7. The first-order valence-corrected chi connectivity index (χ1v) is 11.1. The van der Waals surface area contributed by atoms with Gasteiger partial charge in [0.15, 0.2) is 23.1 Å². The van der Waals surface area contributed by atoms with Crippen molar-refractivity contribution in [3.63, 3.8) is 0 Å². The average molecular weight is 490 g/mol. The molecule has 0 atom stereocenters. The Balaban J connectivity index is 1.49. The predicted octanol–water partition coefficient (Wildman–Crippen LogP) is 5.71. The fraction of sp³-hybridized carbons (Fsp3) is 0.148. The number of aromatic nitrogens is 1. The number of halogens is 1. The van der Waals surface area contributed by atoms with Crippen LogP contribution in [0.2, 0.25) is 0 Å². The number of pyridine rings is 1. The minimum absolute atomic E-state index is 0.0591. The van der Waals surface area contributed by atoms with Gasteiger partial charge in [0.05, 0.1) is 19.7 Å². The molecule has 4 rings (SSSR count). The number of anilines is 1. The summed E-state index contributed by atoms with van der Waals surface area (Å²) in [5.41, 5.74) is 1.95. The Labute approximate surface area is 207 Å². The van der Waals surface area contributed by atoms with Gasteiger partial charge in [-0.2, -0.15) is 0 Å². The van der Waals surface area contributed by atoms with E-state index >= 15 is 0 Å². The molecule has 184 valence electrons. The summed E-state index contributed by atoms with van der Waals surface area (Å²) < 4.78 is 31.3. The van der Waals surface area contributed by atoms with Gasteiger partial charge in [-0.05, 0) is 42.3 Å². The molecule has 4 aromatic rings. The molecule has 0 radical (unpaired) electrons. The lowest BCUT2D eigenvalue weighted by Gasteiger charge is -2.13. The third kappa shape index (κ3) is 5.20. The number of methoxy groups -OCH3 is 2. The smallest absolute Gasteiger partial charge is 0.326 e. The number of benzene rings is 3. The van der Waals surface area contributed by atoms with Crippen LogP contribution in [0, 0.1) is 5.82 Å². The van der Waals surface area contributed by atoms with Crippen LogP contribution in [0.3, 0.4) is 0 Å². The van der Waals surface area contributed by atoms with Gasteiger partial charge in [0, 0.05) is 35.0 Å². The first-order valence-electron chi connectivity index (χ1n) is 11.1. The summed E-state index contributed by atoms with van der Waals surface area (Å²) in [5.74, 6) is 0.0359. The number of nitrogens with zero attached hydrogens (tertiary/aromatic N) is 1. The molecule has 0 aliphatic heterocycles. The van der Waals surface area contributed by atoms with Gasteiger partial charge < -0.3 is 19.5 Å². The van der Waals surface area contributed by atoms with E-state index in [1.807, 2.05) is 19.1 Å². The van der Waals surface area contributed by atoms with Crippen molar-refractivity contribution in [3.8, 4) is 23.0 Å². The van der Waals surface area contributed by atoms with Gasteiger partial charge in [0.2, 0.25) is 0 Å². The van der Waals surface area contributed by atoms with Crippen molar-refractivity contribution in [2.24, 2.45) is 0 Å². The topological polar surface area (TPSA) is 98.8 Å². The fourth-order valence-corrected chi connectivity index (χ4v) is 3.70. The number of hydrogen-bond acceptors (Lipinski definition) is 6. The third-order valence-corrected chi connectivity index (χ3v) is 5.49. The van der Waals surface area contributed by atoms with Crippen LogP contribution in [-0.2, 0) is 6.42 Å². The molecule has 1 heterocycles. The number of amides is 3. The number of ether oxygens (including phenoxy) is 3. The average Bonchev–Trinajstić information content (AvgIpc) is 2.89. The second-order valence-electron chi connectivity index (χ2n) is 7.70. The fourth-order valence-electron chi connectivity index (χ4n) is 3.70. The number of urea groups is 1. The summed E-state index contributed by atoms with van der Waals surface area (Å²) in [7, 11) is 3.04. The monoisotopic (exact) mass is 489 g/mol. The maximum atomic E-state index is 14.9. The molecule has 36 heavy (non-hydrogen) atoms. The molecular weight excluding hydrogens is 465 g/mol. The molecule has 1 aromatic heterocycles. The van der Waals surface area contributed by atoms with Gasteiger partial charge in [-0.3, -0.25) is 15.1 Å². The van der Waals surface area contributed by atoms with E-state index in [0.717, 1.165) is 11.6 Å². The van der Waals surface area contributed by atoms with E-state index in [9.17, 15) is 14.0 Å². The van der Waals surface area contributed by atoms with Crippen molar-refractivity contribution in [1.82, 2.24) is 10.3 Å². The Morgan fingerprint density at radius 3 is 2.39 bits per heavy atom. The van der Waals surface area contributed by atoms with Gasteiger partial charge in [-0.1, -0.05) is 25.1 Å². The molecule has 0 bridgehead atoms. The van der Waals surface area contributed by atoms with E-state index in [-0.39, 0.29) is 11.4 Å². The molecule has 3 aromatic carbocycles. The Hall–Kier alpha value is -4.66. The number of fused-ring (bicyclic) bond motifs is 1. The van der Waals surface area contributed by atoms with Gasteiger partial charge in [-0.15, -0.1) is 0 Å². The maximum Gasteiger partial charge on any atom is 0.326 e. The van der Waals surface area contributed by atoms with Crippen molar-refractivity contribution >= 4 is 28.5 Å². The summed E-state index contributed by atoms with van der Waals surface area (Å²) in [6, 6.07) is 15.2. The van der Waals surface area contributed by atoms with Crippen LogP contribution in [-0.4, -0.2) is 31.1 Å². The molecule has 0 saturated carbocycles. The zero-order chi connectivity index (χ0) is 25.7. The Morgan fingerprint density at radius 2 is 1.67 bits per heavy atom. The zero-order valence-electron chi connectivity index (χ0n) is 19.9. The number of carbonyl (C=O) groups is 2. The van der Waals surface area contributed by atoms with E-state index < -0.39 is 17.8 Å². The molecule has 0 fully saturated rings. The van der Waals surface area contributed by atoms with Crippen LogP contribution >= 0.6 is 0 Å². The van der Waals surface area contributed by atoms with Gasteiger partial charge in [0.1, 0.15) is 5.75 Å². The van der Waals surface area contributed by atoms with Crippen molar-refractivity contribution in [3.05, 3.63) is 83.8 Å². The lowest BCUT2D eigenvalue weighted by molar-refractivity contribution is 0.0966. The standard InChI is InChI=1S/C27H24FN3O5/c1-4-16-7-5-6-8-18(16)26(32)31-27(33)30-17-9-10-23(20(28)13-17)36-22-11-12-29-21-15-25(35-3)24(34-2)14-19(21)22/h5-15H,4H2,1-3H3,(H2,30,31,32,33). The van der Waals surface area contributed by atoms with Gasteiger partial charge in [-0.25, -0.2) is 9.18 Å². The minimum Gasteiger partial charge on any atom is -0.493 e. The number of nitrogens with one attached hydrogen (secondary N) is 2. The highest BCUT2D eigenvalue weighted by molar-refractivity contribution is 6.08. The lowest BCUT2D eigenvalue weighted by atomic mass is 10.1. The van der Waals surface area contributed by atoms with E-state index in [2.05, 4.69) is 15.6 Å². The van der Waals surface area contributed by atoms with E-state index in [0.29, 0.717) is 40.1 Å². The van der Waals surface area contributed by atoms with Crippen LogP contribution in [0.15, 0.2) is 66.9 Å². The number of carbonyl (C=O) groups excluding carboxylic acids is 2. The third-order valence-electron chi connectivity index (χ3n) is 5.49. The normalized spacial score (nSPS) is 10.6. The maximum absolute atomic E-state index is 14.9. The first-order chi connectivity index (χ1) is 17.4. The van der Waals surface area contributed by atoms with E-state index in [1.165, 1.54) is 32.5 Å². The highest BCUT2D eigenvalue weighted by Crippen LogP contribution is 2.37. The van der Waals surface area contributed by atoms with Crippen LogP contribution in [0.1, 0.15) is 22.8 Å². The molecule has 2 N–H and O–H groups in total. The summed E-state index contributed by atoms with van der Waals surface area (Å²) in [6.07, 6.45) is 2.18. The molecule has 0 spiro atoms. The Morgan fingerprint density at radius 1 is 0.917 bits per heavy atom. The Bertz CT molecular complexity index is 1440. The molecular formula is C27H24FN3O5. The second kappa shape index (κ2) is 10.7. The summed E-state index contributed by atoms with van der Waals surface area (Å²) >= 11 is 0. The summed E-state index contributed by atoms with van der Waals surface area (Å²) in [5, 5.41) is 5.32. The zero-order valence-corrected chi connectivity index (χ0v) is 19.9. The second-order valence-corrected chi connectivity index (χ2v) is 7.70. The van der Waals surface area contributed by atoms with Crippen LogP contribution < -0.4 is 24.8 Å². The highest BCUT2D eigenvalue weighted by atomic mass is 19.1. The van der Waals surface area contributed by atoms with Crippen LogP contribution in [0.4, 0.5) is 14.9 Å². The molecule has 0 aliphatic carbocycles. The van der Waals surface area contributed by atoms with Gasteiger partial charge >= 0.3 is 6.03 Å². The lowest BCUT2D eigenvalue weighted by Crippen LogP contribution is -2.34. The van der Waals surface area contributed by atoms with Crippen LogP contribution in [0.25, 0.3) is 10.9 Å². The van der Waals surface area contributed by atoms with Crippen LogP contribution in [0.5, 0.6) is 23.0 Å². The largest absolute Gasteiger partial charge is 0.493 e. The molecule has 8 nitrogen and oxygen atoms in total. The number of hydrogen-bond donors (Lipinski definition) is 2.